The number of H-pyrrole nitrogens is 1. The van der Waals surface area contributed by atoms with Crippen LogP contribution in [0.3, 0.4) is 0 Å². The lowest BCUT2D eigenvalue weighted by Crippen LogP contribution is -2.48. The summed E-state index contributed by atoms with van der Waals surface area (Å²) in [6.07, 6.45) is 0.0150. The number of rotatable bonds is 5. The molecule has 7 nitrogen and oxygen atoms in total. The predicted octanol–water partition coefficient (Wildman–Crippen LogP) is 3.08. The van der Waals surface area contributed by atoms with Crippen LogP contribution in [0.1, 0.15) is 53.3 Å². The topological polar surface area (TPSA) is 81.3 Å². The van der Waals surface area contributed by atoms with Crippen LogP contribution >= 0.6 is 0 Å². The van der Waals surface area contributed by atoms with Crippen LogP contribution in [-0.4, -0.2) is 66.2 Å². The molecular formula is C24H30F3N5O2. The monoisotopic (exact) mass is 477 g/mol. The van der Waals surface area contributed by atoms with Crippen molar-refractivity contribution in [1.29, 1.82) is 0 Å². The van der Waals surface area contributed by atoms with Gasteiger partial charge in [-0.25, -0.2) is 4.98 Å². The Kier molecular flexibility index (Phi) is 7.25. The molecule has 0 aliphatic carbocycles. The van der Waals surface area contributed by atoms with E-state index in [2.05, 4.69) is 25.1 Å². The molecule has 4 rings (SSSR count). The molecule has 10 heteroatoms. The number of nitrogens with one attached hydrogen (secondary N) is 2. The Bertz CT molecular complexity index is 1050. The molecule has 2 aliphatic heterocycles. The molecule has 2 aliphatic rings. The lowest BCUT2D eigenvalue weighted by molar-refractivity contribution is -0.127. The Morgan fingerprint density at radius 1 is 1.15 bits per heavy atom. The maximum Gasteiger partial charge on any atom is 0.393 e. The molecule has 0 spiro atoms. The van der Waals surface area contributed by atoms with Gasteiger partial charge in [-0.1, -0.05) is 6.07 Å². The first-order valence-corrected chi connectivity index (χ1v) is 11.7. The van der Waals surface area contributed by atoms with Gasteiger partial charge >= 0.3 is 6.18 Å². The second-order valence-corrected chi connectivity index (χ2v) is 9.09. The van der Waals surface area contributed by atoms with E-state index in [1.807, 2.05) is 6.07 Å². The van der Waals surface area contributed by atoms with Gasteiger partial charge < -0.3 is 15.2 Å². The van der Waals surface area contributed by atoms with Gasteiger partial charge in [-0.15, -0.1) is 0 Å². The van der Waals surface area contributed by atoms with E-state index in [-0.39, 0.29) is 17.4 Å². The minimum absolute atomic E-state index is 0.112. The zero-order valence-corrected chi connectivity index (χ0v) is 19.2. The van der Waals surface area contributed by atoms with E-state index in [9.17, 15) is 22.8 Å². The molecule has 4 heterocycles. The highest BCUT2D eigenvalue weighted by Gasteiger charge is 2.31. The van der Waals surface area contributed by atoms with Gasteiger partial charge in [0.2, 0.25) is 0 Å². The first-order valence-electron chi connectivity index (χ1n) is 11.7. The van der Waals surface area contributed by atoms with Crippen LogP contribution in [0.5, 0.6) is 0 Å². The lowest BCUT2D eigenvalue weighted by atomic mass is 9.91. The molecule has 2 saturated heterocycles. The Morgan fingerprint density at radius 2 is 1.91 bits per heavy atom. The largest absolute Gasteiger partial charge is 0.393 e. The van der Waals surface area contributed by atoms with Gasteiger partial charge in [0.05, 0.1) is 18.3 Å². The summed E-state index contributed by atoms with van der Waals surface area (Å²) in [6.45, 7) is 3.55. The first kappa shape index (κ1) is 24.3. The quantitative estimate of drug-likeness (QED) is 0.692. The predicted molar refractivity (Wildman–Crippen MR) is 123 cm³/mol. The van der Waals surface area contributed by atoms with Gasteiger partial charge in [-0.05, 0) is 50.4 Å². The number of halogens is 3. The fourth-order valence-electron chi connectivity index (χ4n) is 5.03. The molecule has 2 fully saturated rings. The lowest BCUT2D eigenvalue weighted by Gasteiger charge is -2.42. The van der Waals surface area contributed by atoms with E-state index >= 15 is 0 Å². The van der Waals surface area contributed by atoms with Crippen molar-refractivity contribution in [2.45, 2.75) is 50.2 Å². The SMILES string of the molecule is CNC(=O)c1ccc(N2CCC(N3CCCC(c4ccc(CC(F)(F)F)c(=O)[nH]4)C3)CC2)cn1. The summed E-state index contributed by atoms with van der Waals surface area (Å²) >= 11 is 0. The van der Waals surface area contributed by atoms with E-state index in [0.717, 1.165) is 63.2 Å². The van der Waals surface area contributed by atoms with Crippen LogP contribution in [0.2, 0.25) is 0 Å². The van der Waals surface area contributed by atoms with Crippen LogP contribution in [0.4, 0.5) is 18.9 Å². The van der Waals surface area contributed by atoms with Crippen molar-refractivity contribution in [1.82, 2.24) is 20.2 Å². The second kappa shape index (κ2) is 10.2. The van der Waals surface area contributed by atoms with Gasteiger partial charge in [0, 0.05) is 49.9 Å². The number of amides is 1. The Hall–Kier alpha value is -2.88. The number of piperidine rings is 2. The van der Waals surface area contributed by atoms with Crippen molar-refractivity contribution in [3.63, 3.8) is 0 Å². The van der Waals surface area contributed by atoms with Crippen LogP contribution in [0.15, 0.2) is 35.3 Å². The number of carbonyl (C=O) groups excluding carboxylic acids is 1. The number of hydrogen-bond donors (Lipinski definition) is 2. The highest BCUT2D eigenvalue weighted by molar-refractivity contribution is 5.92. The van der Waals surface area contributed by atoms with Gasteiger partial charge in [-0.2, -0.15) is 13.2 Å². The molecule has 2 N–H and O–H groups in total. The maximum absolute atomic E-state index is 12.7. The zero-order valence-electron chi connectivity index (χ0n) is 19.2. The van der Waals surface area contributed by atoms with Crippen molar-refractivity contribution < 1.29 is 18.0 Å². The zero-order chi connectivity index (χ0) is 24.3. The number of nitrogens with zero attached hydrogens (tertiary/aromatic N) is 3. The van der Waals surface area contributed by atoms with Gasteiger partial charge in [0.15, 0.2) is 0 Å². The second-order valence-electron chi connectivity index (χ2n) is 9.09. The van der Waals surface area contributed by atoms with Crippen LogP contribution in [0.25, 0.3) is 0 Å². The fourth-order valence-corrected chi connectivity index (χ4v) is 5.03. The van der Waals surface area contributed by atoms with Crippen molar-refractivity contribution in [2.75, 3.05) is 38.1 Å². The summed E-state index contributed by atoms with van der Waals surface area (Å²) in [5.74, 6) is -0.0953. The summed E-state index contributed by atoms with van der Waals surface area (Å²) in [4.78, 5) is 35.6. The highest BCUT2D eigenvalue weighted by Crippen LogP contribution is 2.30. The third kappa shape index (κ3) is 5.78. The van der Waals surface area contributed by atoms with Gasteiger partial charge in [0.1, 0.15) is 5.69 Å². The number of hydrogen-bond acceptors (Lipinski definition) is 5. The fraction of sp³-hybridized carbons (Fsp3) is 0.542. The van der Waals surface area contributed by atoms with E-state index in [1.165, 1.54) is 6.07 Å². The van der Waals surface area contributed by atoms with Crippen molar-refractivity contribution in [3.8, 4) is 0 Å². The van der Waals surface area contributed by atoms with E-state index in [0.29, 0.717) is 11.7 Å². The Labute approximate surface area is 196 Å². The summed E-state index contributed by atoms with van der Waals surface area (Å²) in [7, 11) is 1.58. The molecule has 184 valence electrons. The minimum Gasteiger partial charge on any atom is -0.370 e. The number of aromatic amines is 1. The molecule has 1 amide bonds. The highest BCUT2D eigenvalue weighted by atomic mass is 19.4. The summed E-state index contributed by atoms with van der Waals surface area (Å²) < 4.78 is 38.0. The molecule has 0 saturated carbocycles. The Balaban J connectivity index is 1.34. The maximum atomic E-state index is 12.7. The molecule has 34 heavy (non-hydrogen) atoms. The molecule has 2 aromatic rings. The normalized spacial score (nSPS) is 20.4. The van der Waals surface area contributed by atoms with Crippen molar-refractivity contribution in [2.24, 2.45) is 0 Å². The van der Waals surface area contributed by atoms with E-state index in [1.54, 1.807) is 25.4 Å². The third-order valence-electron chi connectivity index (χ3n) is 6.85. The number of likely N-dealkylation sites (tertiary alicyclic amines) is 1. The minimum atomic E-state index is -4.40. The molecule has 0 bridgehead atoms. The first-order chi connectivity index (χ1) is 16.2. The molecule has 0 aromatic carbocycles. The van der Waals surface area contributed by atoms with Crippen molar-refractivity contribution >= 4 is 11.6 Å². The molecule has 2 aromatic heterocycles. The van der Waals surface area contributed by atoms with Crippen LogP contribution in [-0.2, 0) is 6.42 Å². The summed E-state index contributed by atoms with van der Waals surface area (Å²) in [5, 5.41) is 2.57. The summed E-state index contributed by atoms with van der Waals surface area (Å²) in [6, 6.07) is 7.05. The average molecular weight is 478 g/mol. The average Bonchev–Trinajstić information content (AvgIpc) is 2.84. The number of carbonyl (C=O) groups is 1. The standard InChI is InChI=1S/C24H30F3N5O2/c1-28-23(34)21-7-5-19(14-29-21)31-11-8-18(9-12-31)32-10-2-3-17(15-32)20-6-4-16(22(33)30-20)13-24(25,26)27/h4-7,14,17-18H,2-3,8-13,15H2,1H3,(H,28,34)(H,30,33). The smallest absolute Gasteiger partial charge is 0.370 e. The van der Waals surface area contributed by atoms with E-state index in [4.69, 9.17) is 0 Å². The third-order valence-corrected chi connectivity index (χ3v) is 6.85. The Morgan fingerprint density at radius 3 is 2.53 bits per heavy atom. The number of anilines is 1. The number of aromatic nitrogens is 2. The molecule has 1 unspecified atom stereocenters. The summed E-state index contributed by atoms with van der Waals surface area (Å²) in [5.41, 5.74) is 1.23. The molecular weight excluding hydrogens is 447 g/mol. The van der Waals surface area contributed by atoms with Crippen LogP contribution < -0.4 is 15.8 Å². The van der Waals surface area contributed by atoms with Gasteiger partial charge in [-0.3, -0.25) is 14.5 Å². The molecule has 0 radical (unpaired) electrons. The number of alkyl halides is 3. The van der Waals surface area contributed by atoms with E-state index < -0.39 is 18.2 Å². The number of pyridine rings is 2. The molecule has 1 atom stereocenters. The van der Waals surface area contributed by atoms with Gasteiger partial charge in [0.25, 0.3) is 11.5 Å². The van der Waals surface area contributed by atoms with Crippen LogP contribution in [0, 0.1) is 0 Å². The van der Waals surface area contributed by atoms with Crippen molar-refractivity contribution in [3.05, 3.63) is 57.8 Å².